The van der Waals surface area contributed by atoms with Gasteiger partial charge in [-0.1, -0.05) is 72.4 Å². The summed E-state index contributed by atoms with van der Waals surface area (Å²) < 4.78 is 16.4. The van der Waals surface area contributed by atoms with Gasteiger partial charge < -0.3 is 4.90 Å². The lowest BCUT2D eigenvalue weighted by Crippen LogP contribution is -2.33. The Labute approximate surface area is 190 Å². The summed E-state index contributed by atoms with van der Waals surface area (Å²) in [7, 11) is 1.76. The first kappa shape index (κ1) is 21.8. The highest BCUT2D eigenvalue weighted by atomic mass is 32.2. The Morgan fingerprint density at radius 2 is 1.59 bits per heavy atom. The van der Waals surface area contributed by atoms with Crippen LogP contribution < -0.4 is 4.90 Å². The van der Waals surface area contributed by atoms with E-state index in [0.29, 0.717) is 23.1 Å². The van der Waals surface area contributed by atoms with Crippen LogP contribution in [-0.4, -0.2) is 33.0 Å². The van der Waals surface area contributed by atoms with Gasteiger partial charge in [0.2, 0.25) is 5.91 Å². The zero-order valence-corrected chi connectivity index (χ0v) is 18.7. The molecule has 0 radical (unpaired) electrons. The van der Waals surface area contributed by atoms with Gasteiger partial charge in [-0.25, -0.2) is 4.39 Å². The lowest BCUT2D eigenvalue weighted by Gasteiger charge is -2.21. The van der Waals surface area contributed by atoms with Gasteiger partial charge in [-0.3, -0.25) is 9.36 Å². The summed E-state index contributed by atoms with van der Waals surface area (Å²) in [5, 5.41) is 8.76. The third-order valence-electron chi connectivity index (χ3n) is 5.12. The maximum absolute atomic E-state index is 14.5. The number of halogens is 1. The van der Waals surface area contributed by atoms with E-state index in [-0.39, 0.29) is 11.7 Å². The van der Waals surface area contributed by atoms with Crippen LogP contribution in [0.15, 0.2) is 90.1 Å². The number of hydrogen-bond donors (Lipinski definition) is 0. The van der Waals surface area contributed by atoms with Gasteiger partial charge in [0.15, 0.2) is 11.0 Å². The quantitative estimate of drug-likeness (QED) is 0.363. The van der Waals surface area contributed by atoms with Crippen LogP contribution in [0.2, 0.25) is 0 Å². The molecule has 3 aromatic carbocycles. The number of nitrogens with zero attached hydrogens (tertiary/aromatic N) is 4. The molecule has 0 aliphatic heterocycles. The first-order chi connectivity index (χ1) is 15.5. The number of thioether (sulfide) groups is 1. The largest absolute Gasteiger partial charge is 0.315 e. The molecule has 0 bridgehead atoms. The Morgan fingerprint density at radius 1 is 0.969 bits per heavy atom. The molecule has 0 aliphatic rings. The minimum atomic E-state index is -0.410. The molecular weight excluding hydrogens is 423 g/mol. The van der Waals surface area contributed by atoms with E-state index >= 15 is 0 Å². The lowest BCUT2D eigenvalue weighted by atomic mass is 10.2. The summed E-state index contributed by atoms with van der Waals surface area (Å²) in [6.07, 6.45) is 0. The average molecular weight is 447 g/mol. The number of amides is 1. The zero-order chi connectivity index (χ0) is 22.5. The fourth-order valence-corrected chi connectivity index (χ4v) is 4.33. The van der Waals surface area contributed by atoms with Gasteiger partial charge in [0, 0.05) is 12.7 Å². The summed E-state index contributed by atoms with van der Waals surface area (Å²) in [6, 6.07) is 25.9. The third kappa shape index (κ3) is 4.73. The molecule has 0 saturated heterocycles. The van der Waals surface area contributed by atoms with Gasteiger partial charge in [-0.2, -0.15) is 0 Å². The van der Waals surface area contributed by atoms with E-state index in [1.807, 2.05) is 72.2 Å². The van der Waals surface area contributed by atoms with E-state index in [4.69, 9.17) is 0 Å². The monoisotopic (exact) mass is 446 g/mol. The molecule has 5 nitrogen and oxygen atoms in total. The van der Waals surface area contributed by atoms with E-state index in [2.05, 4.69) is 10.2 Å². The van der Waals surface area contributed by atoms with Gasteiger partial charge >= 0.3 is 0 Å². The Balaban J connectivity index is 1.64. The highest BCUT2D eigenvalue weighted by Crippen LogP contribution is 2.30. The van der Waals surface area contributed by atoms with Crippen LogP contribution in [0.4, 0.5) is 10.1 Å². The third-order valence-corrected chi connectivity index (χ3v) is 6.19. The fourth-order valence-electron chi connectivity index (χ4n) is 3.39. The molecule has 1 atom stereocenters. The van der Waals surface area contributed by atoms with Crippen molar-refractivity contribution in [2.45, 2.75) is 23.9 Å². The maximum Gasteiger partial charge on any atom is 0.240 e. The van der Waals surface area contributed by atoms with Crippen molar-refractivity contribution in [2.75, 3.05) is 11.9 Å². The molecule has 0 unspecified atom stereocenters. The molecule has 0 saturated carbocycles. The van der Waals surface area contributed by atoms with Crippen molar-refractivity contribution in [2.24, 2.45) is 0 Å². The normalized spacial score (nSPS) is 11.8. The summed E-state index contributed by atoms with van der Waals surface area (Å²) in [4.78, 5) is 14.7. The van der Waals surface area contributed by atoms with Crippen LogP contribution in [0.3, 0.4) is 0 Å². The molecule has 32 heavy (non-hydrogen) atoms. The van der Waals surface area contributed by atoms with Crippen molar-refractivity contribution in [1.82, 2.24) is 14.8 Å². The van der Waals surface area contributed by atoms with Crippen molar-refractivity contribution in [3.05, 3.63) is 96.3 Å². The van der Waals surface area contributed by atoms with E-state index in [1.54, 1.807) is 30.1 Å². The molecule has 0 fully saturated rings. The van der Waals surface area contributed by atoms with Crippen LogP contribution in [0, 0.1) is 5.82 Å². The number of hydrogen-bond acceptors (Lipinski definition) is 4. The zero-order valence-electron chi connectivity index (χ0n) is 17.9. The highest BCUT2D eigenvalue weighted by Gasteiger charge is 2.24. The fraction of sp³-hybridized carbons (Fsp3) is 0.160. The van der Waals surface area contributed by atoms with E-state index in [9.17, 15) is 9.18 Å². The van der Waals surface area contributed by atoms with Gasteiger partial charge in [0.1, 0.15) is 5.82 Å². The van der Waals surface area contributed by atoms with Gasteiger partial charge in [-0.15, -0.1) is 10.2 Å². The van der Waals surface area contributed by atoms with Crippen molar-refractivity contribution >= 4 is 23.4 Å². The van der Waals surface area contributed by atoms with E-state index in [1.165, 1.54) is 17.8 Å². The Hall–Kier alpha value is -3.45. The molecule has 7 heteroatoms. The molecular formula is C25H23FN4OS. The van der Waals surface area contributed by atoms with Crippen LogP contribution in [-0.2, 0) is 11.3 Å². The molecule has 4 rings (SSSR count). The molecule has 1 heterocycles. The van der Waals surface area contributed by atoms with Crippen LogP contribution >= 0.6 is 11.8 Å². The predicted octanol–water partition coefficient (Wildman–Crippen LogP) is 5.28. The summed E-state index contributed by atoms with van der Waals surface area (Å²) in [5.41, 5.74) is 2.23. The Kier molecular flexibility index (Phi) is 6.66. The first-order valence-electron chi connectivity index (χ1n) is 10.3. The number of carbonyl (C=O) groups excluding carboxylic acids is 1. The second-order valence-electron chi connectivity index (χ2n) is 7.35. The minimum absolute atomic E-state index is 0.0529. The van der Waals surface area contributed by atoms with Gasteiger partial charge in [0.25, 0.3) is 0 Å². The number of para-hydroxylation sites is 1. The molecule has 1 amide bonds. The van der Waals surface area contributed by atoms with Gasteiger partial charge in [-0.05, 0) is 36.8 Å². The lowest BCUT2D eigenvalue weighted by molar-refractivity contribution is -0.117. The van der Waals surface area contributed by atoms with Crippen molar-refractivity contribution in [3.63, 3.8) is 0 Å². The van der Waals surface area contributed by atoms with Crippen LogP contribution in [0.25, 0.3) is 11.4 Å². The van der Waals surface area contributed by atoms with Crippen molar-refractivity contribution in [1.29, 1.82) is 0 Å². The minimum Gasteiger partial charge on any atom is -0.315 e. The van der Waals surface area contributed by atoms with E-state index in [0.717, 1.165) is 11.3 Å². The Bertz CT molecular complexity index is 1200. The molecule has 0 aliphatic carbocycles. The predicted molar refractivity (Wildman–Crippen MR) is 126 cm³/mol. The van der Waals surface area contributed by atoms with Crippen LogP contribution in [0.1, 0.15) is 12.5 Å². The standard InChI is InChI=1S/C25H23FN4OS/c1-18(24(31)29(2)20-13-7-4-8-14-20)32-25-28-27-23(21-15-9-10-16-22(21)26)30(25)17-19-11-5-3-6-12-19/h3-16,18H,17H2,1-2H3/t18-/m1/s1. The molecule has 4 aromatic rings. The second kappa shape index (κ2) is 9.78. The summed E-state index contributed by atoms with van der Waals surface area (Å²) >= 11 is 1.32. The maximum atomic E-state index is 14.5. The van der Waals surface area contributed by atoms with Crippen molar-refractivity contribution in [3.8, 4) is 11.4 Å². The summed E-state index contributed by atoms with van der Waals surface area (Å²) in [5.74, 6) is 0.0205. The van der Waals surface area contributed by atoms with E-state index < -0.39 is 5.25 Å². The molecule has 162 valence electrons. The van der Waals surface area contributed by atoms with Crippen LogP contribution in [0.5, 0.6) is 0 Å². The SMILES string of the molecule is C[C@@H](Sc1nnc(-c2ccccc2F)n1Cc1ccccc1)C(=O)N(C)c1ccccc1. The number of rotatable bonds is 7. The summed E-state index contributed by atoms with van der Waals surface area (Å²) in [6.45, 7) is 2.31. The molecule has 1 aromatic heterocycles. The average Bonchev–Trinajstić information content (AvgIpc) is 3.21. The smallest absolute Gasteiger partial charge is 0.240 e. The molecule has 0 spiro atoms. The molecule has 0 N–H and O–H groups in total. The second-order valence-corrected chi connectivity index (χ2v) is 8.66. The highest BCUT2D eigenvalue weighted by molar-refractivity contribution is 8.00. The number of anilines is 1. The first-order valence-corrected chi connectivity index (χ1v) is 11.1. The number of carbonyl (C=O) groups is 1. The van der Waals surface area contributed by atoms with Gasteiger partial charge in [0.05, 0.1) is 17.4 Å². The van der Waals surface area contributed by atoms with Crippen molar-refractivity contribution < 1.29 is 9.18 Å². The Morgan fingerprint density at radius 3 is 2.28 bits per heavy atom. The topological polar surface area (TPSA) is 51.0 Å². The number of benzene rings is 3. The number of aromatic nitrogens is 3.